The Morgan fingerprint density at radius 1 is 1.17 bits per heavy atom. The summed E-state index contributed by atoms with van der Waals surface area (Å²) in [5.74, 6) is 0.547. The molecule has 18 heavy (non-hydrogen) atoms. The van der Waals surface area contributed by atoms with Crippen molar-refractivity contribution in [2.45, 2.75) is 6.10 Å². The third kappa shape index (κ3) is 1.94. The summed E-state index contributed by atoms with van der Waals surface area (Å²) in [4.78, 5) is 4.00. The van der Waals surface area contributed by atoms with Gasteiger partial charge in [-0.05, 0) is 29.8 Å². The molecular weight excluding hydrogens is 228 g/mol. The van der Waals surface area contributed by atoms with Gasteiger partial charge < -0.3 is 14.1 Å². The Labute approximate surface area is 104 Å². The Balaban J connectivity index is 1.87. The van der Waals surface area contributed by atoms with E-state index in [0.717, 1.165) is 11.3 Å². The predicted octanol–water partition coefficient (Wildman–Crippen LogP) is 2.55. The van der Waals surface area contributed by atoms with E-state index in [2.05, 4.69) is 4.98 Å². The van der Waals surface area contributed by atoms with E-state index < -0.39 is 6.10 Å². The van der Waals surface area contributed by atoms with Crippen LogP contribution in [-0.2, 0) is 0 Å². The van der Waals surface area contributed by atoms with Crippen LogP contribution in [0, 0.1) is 0 Å². The third-order valence-electron chi connectivity index (χ3n) is 2.82. The van der Waals surface area contributed by atoms with Gasteiger partial charge in [0.25, 0.3) is 0 Å². The van der Waals surface area contributed by atoms with E-state index in [1.807, 2.05) is 35.0 Å². The normalized spacial score (nSPS) is 12.5. The Morgan fingerprint density at radius 3 is 2.61 bits per heavy atom. The number of hydrogen-bond donors (Lipinski definition) is 1. The molecule has 3 aromatic rings. The number of hydrogen-bond acceptors (Lipinski definition) is 3. The highest BCUT2D eigenvalue weighted by Crippen LogP contribution is 2.23. The molecule has 2 heterocycles. The van der Waals surface area contributed by atoms with Gasteiger partial charge in [0, 0.05) is 18.1 Å². The number of aliphatic hydroxyl groups excluding tert-OH is 1. The van der Waals surface area contributed by atoms with Crippen molar-refractivity contribution in [1.82, 2.24) is 9.55 Å². The quantitative estimate of drug-likeness (QED) is 0.765. The third-order valence-corrected chi connectivity index (χ3v) is 2.82. The van der Waals surface area contributed by atoms with Crippen LogP contribution in [0.25, 0.3) is 5.69 Å². The van der Waals surface area contributed by atoms with Gasteiger partial charge in [-0.1, -0.05) is 12.1 Å². The van der Waals surface area contributed by atoms with Crippen LogP contribution in [-0.4, -0.2) is 14.7 Å². The van der Waals surface area contributed by atoms with Gasteiger partial charge in [0.15, 0.2) is 0 Å². The van der Waals surface area contributed by atoms with Crippen molar-refractivity contribution in [3.8, 4) is 5.69 Å². The van der Waals surface area contributed by atoms with Crippen molar-refractivity contribution >= 4 is 0 Å². The molecule has 0 bridgehead atoms. The molecule has 0 saturated heterocycles. The monoisotopic (exact) mass is 240 g/mol. The number of furan rings is 1. The van der Waals surface area contributed by atoms with Crippen molar-refractivity contribution in [1.29, 1.82) is 0 Å². The molecule has 0 saturated carbocycles. The van der Waals surface area contributed by atoms with Crippen LogP contribution in [0.2, 0.25) is 0 Å². The maximum atomic E-state index is 10.1. The van der Waals surface area contributed by atoms with Gasteiger partial charge in [0.2, 0.25) is 0 Å². The molecule has 4 heteroatoms. The van der Waals surface area contributed by atoms with E-state index in [4.69, 9.17) is 4.42 Å². The van der Waals surface area contributed by atoms with Crippen LogP contribution in [0.4, 0.5) is 0 Å². The highest BCUT2D eigenvalue weighted by Gasteiger charge is 2.12. The summed E-state index contributed by atoms with van der Waals surface area (Å²) < 4.78 is 7.09. The number of aliphatic hydroxyl groups is 1. The van der Waals surface area contributed by atoms with Crippen molar-refractivity contribution in [3.63, 3.8) is 0 Å². The molecule has 0 aliphatic carbocycles. The second kappa shape index (κ2) is 4.50. The maximum Gasteiger partial charge on any atom is 0.137 e. The fourth-order valence-corrected chi connectivity index (χ4v) is 1.85. The predicted molar refractivity (Wildman–Crippen MR) is 66.3 cm³/mol. The first kappa shape index (κ1) is 10.8. The van der Waals surface area contributed by atoms with Crippen LogP contribution >= 0.6 is 0 Å². The van der Waals surface area contributed by atoms with E-state index in [0.29, 0.717) is 5.76 Å². The molecule has 0 spiro atoms. The Kier molecular flexibility index (Phi) is 2.70. The van der Waals surface area contributed by atoms with Crippen molar-refractivity contribution < 1.29 is 9.52 Å². The van der Waals surface area contributed by atoms with E-state index in [1.165, 1.54) is 0 Å². The van der Waals surface area contributed by atoms with Crippen molar-refractivity contribution in [2.75, 3.05) is 0 Å². The maximum absolute atomic E-state index is 10.1. The van der Waals surface area contributed by atoms with Gasteiger partial charge in [0.1, 0.15) is 11.9 Å². The second-order valence-corrected chi connectivity index (χ2v) is 3.98. The zero-order chi connectivity index (χ0) is 12.4. The lowest BCUT2D eigenvalue weighted by molar-refractivity contribution is 0.189. The molecule has 3 rings (SSSR count). The SMILES string of the molecule is OC(c1ccc(-n2ccnc2)cc1)c1ccco1. The molecule has 0 fully saturated rings. The highest BCUT2D eigenvalue weighted by molar-refractivity contribution is 5.36. The minimum absolute atomic E-state index is 0.547. The molecular formula is C14H12N2O2. The summed E-state index contributed by atoms with van der Waals surface area (Å²) in [7, 11) is 0. The average molecular weight is 240 g/mol. The molecule has 90 valence electrons. The number of aromatic nitrogens is 2. The molecule has 2 aromatic heterocycles. The van der Waals surface area contributed by atoms with Crippen LogP contribution in [0.1, 0.15) is 17.4 Å². The van der Waals surface area contributed by atoms with Crippen LogP contribution in [0.5, 0.6) is 0 Å². The van der Waals surface area contributed by atoms with Crippen LogP contribution in [0.15, 0.2) is 65.8 Å². The summed E-state index contributed by atoms with van der Waals surface area (Å²) >= 11 is 0. The average Bonchev–Trinajstić information content (AvgIpc) is 3.11. The molecule has 0 radical (unpaired) electrons. The largest absolute Gasteiger partial charge is 0.466 e. The molecule has 4 nitrogen and oxygen atoms in total. The highest BCUT2D eigenvalue weighted by atomic mass is 16.4. The summed E-state index contributed by atoms with van der Waals surface area (Å²) in [6.07, 6.45) is 6.16. The molecule has 0 amide bonds. The minimum atomic E-state index is -0.725. The zero-order valence-corrected chi connectivity index (χ0v) is 9.60. The minimum Gasteiger partial charge on any atom is -0.466 e. The Morgan fingerprint density at radius 2 is 2.00 bits per heavy atom. The van der Waals surface area contributed by atoms with Gasteiger partial charge in [0.05, 0.1) is 12.6 Å². The van der Waals surface area contributed by atoms with Crippen molar-refractivity contribution in [3.05, 3.63) is 72.7 Å². The van der Waals surface area contributed by atoms with Gasteiger partial charge in [-0.3, -0.25) is 0 Å². The van der Waals surface area contributed by atoms with Gasteiger partial charge in [-0.15, -0.1) is 0 Å². The first-order valence-corrected chi connectivity index (χ1v) is 5.64. The number of rotatable bonds is 3. The van der Waals surface area contributed by atoms with Gasteiger partial charge in [-0.2, -0.15) is 0 Å². The lowest BCUT2D eigenvalue weighted by Crippen LogP contribution is -1.98. The standard InChI is InChI=1S/C14H12N2O2/c17-14(13-2-1-9-18-13)11-3-5-12(6-4-11)16-8-7-15-10-16/h1-10,14,17H. The van der Waals surface area contributed by atoms with E-state index in [9.17, 15) is 5.11 Å². The first-order chi connectivity index (χ1) is 8.84. The van der Waals surface area contributed by atoms with Crippen molar-refractivity contribution in [2.24, 2.45) is 0 Å². The Bertz CT molecular complexity index is 598. The summed E-state index contributed by atoms with van der Waals surface area (Å²) in [6.45, 7) is 0. The summed E-state index contributed by atoms with van der Waals surface area (Å²) in [6, 6.07) is 11.1. The van der Waals surface area contributed by atoms with E-state index in [-0.39, 0.29) is 0 Å². The van der Waals surface area contributed by atoms with Crippen LogP contribution < -0.4 is 0 Å². The topological polar surface area (TPSA) is 51.2 Å². The molecule has 0 aliphatic heterocycles. The van der Waals surface area contributed by atoms with E-state index >= 15 is 0 Å². The fourth-order valence-electron chi connectivity index (χ4n) is 1.85. The van der Waals surface area contributed by atoms with Crippen LogP contribution in [0.3, 0.4) is 0 Å². The number of benzene rings is 1. The Hall–Kier alpha value is -2.33. The van der Waals surface area contributed by atoms with E-state index in [1.54, 1.807) is 30.9 Å². The molecule has 1 atom stereocenters. The molecule has 1 aromatic carbocycles. The summed E-state index contributed by atoms with van der Waals surface area (Å²) in [5.41, 5.74) is 1.80. The van der Waals surface area contributed by atoms with Gasteiger partial charge >= 0.3 is 0 Å². The molecule has 0 aliphatic rings. The molecule has 1 N–H and O–H groups in total. The smallest absolute Gasteiger partial charge is 0.137 e. The number of imidazole rings is 1. The second-order valence-electron chi connectivity index (χ2n) is 3.98. The van der Waals surface area contributed by atoms with Gasteiger partial charge in [-0.25, -0.2) is 4.98 Å². The lowest BCUT2D eigenvalue weighted by atomic mass is 10.1. The zero-order valence-electron chi connectivity index (χ0n) is 9.60. The first-order valence-electron chi connectivity index (χ1n) is 5.64. The lowest BCUT2D eigenvalue weighted by Gasteiger charge is -2.09. The fraction of sp³-hybridized carbons (Fsp3) is 0.0714. The molecule has 1 unspecified atom stereocenters. The number of nitrogens with zero attached hydrogens (tertiary/aromatic N) is 2. The summed E-state index contributed by atoms with van der Waals surface area (Å²) in [5, 5.41) is 10.1.